The highest BCUT2D eigenvalue weighted by Gasteiger charge is 2.51. The molecule has 1 amide bonds. The van der Waals surface area contributed by atoms with Gasteiger partial charge in [-0.15, -0.1) is 0 Å². The molecule has 3 rings (SSSR count). The van der Waals surface area contributed by atoms with E-state index in [9.17, 15) is 14.4 Å². The SMILES string of the molecule is COc1ccc(C(=O)C[C@H]2C(=O)O[C@@H](C(C)(C)C)N2C(=O)OCc2ccccc2)cc1. The Hall–Kier alpha value is -3.35. The lowest BCUT2D eigenvalue weighted by atomic mass is 9.93. The molecule has 0 bridgehead atoms. The summed E-state index contributed by atoms with van der Waals surface area (Å²) in [6.07, 6.45) is -1.72. The van der Waals surface area contributed by atoms with E-state index in [2.05, 4.69) is 0 Å². The van der Waals surface area contributed by atoms with Crippen LogP contribution in [0.25, 0.3) is 0 Å². The molecule has 1 fully saturated rings. The average molecular weight is 425 g/mol. The van der Waals surface area contributed by atoms with E-state index in [1.165, 1.54) is 12.0 Å². The minimum Gasteiger partial charge on any atom is -0.497 e. The van der Waals surface area contributed by atoms with Crippen LogP contribution in [0.1, 0.15) is 43.1 Å². The highest BCUT2D eigenvalue weighted by Crippen LogP contribution is 2.34. The molecule has 2 atom stereocenters. The maximum absolute atomic E-state index is 13.0. The van der Waals surface area contributed by atoms with E-state index in [1.807, 2.05) is 51.1 Å². The van der Waals surface area contributed by atoms with Gasteiger partial charge in [-0.2, -0.15) is 0 Å². The van der Waals surface area contributed by atoms with Gasteiger partial charge in [-0.3, -0.25) is 9.69 Å². The normalized spacial score (nSPS) is 18.5. The van der Waals surface area contributed by atoms with Crippen LogP contribution in [0.5, 0.6) is 5.75 Å². The second-order valence-electron chi connectivity index (χ2n) is 8.47. The van der Waals surface area contributed by atoms with Gasteiger partial charge in [0.05, 0.1) is 7.11 Å². The van der Waals surface area contributed by atoms with Crippen molar-refractivity contribution in [2.24, 2.45) is 5.41 Å². The molecule has 164 valence electrons. The van der Waals surface area contributed by atoms with Gasteiger partial charge in [0.25, 0.3) is 0 Å². The first kappa shape index (κ1) is 22.3. The zero-order valence-corrected chi connectivity index (χ0v) is 18.2. The first-order valence-electron chi connectivity index (χ1n) is 10.1. The third kappa shape index (κ3) is 5.23. The molecule has 1 aliphatic rings. The second-order valence-corrected chi connectivity index (χ2v) is 8.47. The van der Waals surface area contributed by atoms with E-state index in [0.717, 1.165) is 5.56 Å². The highest BCUT2D eigenvalue weighted by atomic mass is 16.6. The fourth-order valence-corrected chi connectivity index (χ4v) is 3.39. The van der Waals surface area contributed by atoms with Gasteiger partial charge in [0.15, 0.2) is 12.0 Å². The van der Waals surface area contributed by atoms with Crippen molar-refractivity contribution >= 4 is 17.8 Å². The van der Waals surface area contributed by atoms with Crippen LogP contribution < -0.4 is 4.74 Å². The lowest BCUT2D eigenvalue weighted by Crippen LogP contribution is -2.48. The molecule has 7 nitrogen and oxygen atoms in total. The van der Waals surface area contributed by atoms with Gasteiger partial charge >= 0.3 is 12.1 Å². The van der Waals surface area contributed by atoms with Crippen LogP contribution in [0.4, 0.5) is 4.79 Å². The Morgan fingerprint density at radius 1 is 1.03 bits per heavy atom. The molecule has 0 radical (unpaired) electrons. The molecule has 2 aromatic carbocycles. The molecule has 1 heterocycles. The number of amides is 1. The van der Waals surface area contributed by atoms with Gasteiger partial charge in [-0.05, 0) is 29.8 Å². The highest BCUT2D eigenvalue weighted by molar-refractivity contribution is 6.00. The zero-order chi connectivity index (χ0) is 22.6. The van der Waals surface area contributed by atoms with Crippen LogP contribution in [0.15, 0.2) is 54.6 Å². The molecule has 0 aromatic heterocycles. The lowest BCUT2D eigenvalue weighted by Gasteiger charge is -2.33. The summed E-state index contributed by atoms with van der Waals surface area (Å²) >= 11 is 0. The number of carbonyl (C=O) groups is 3. The van der Waals surface area contributed by atoms with E-state index in [4.69, 9.17) is 14.2 Å². The number of hydrogen-bond acceptors (Lipinski definition) is 6. The topological polar surface area (TPSA) is 82.1 Å². The van der Waals surface area contributed by atoms with E-state index >= 15 is 0 Å². The van der Waals surface area contributed by atoms with Gasteiger partial charge in [0.1, 0.15) is 18.4 Å². The average Bonchev–Trinajstić information content (AvgIpc) is 3.09. The first-order chi connectivity index (χ1) is 14.7. The summed E-state index contributed by atoms with van der Waals surface area (Å²) < 4.78 is 16.1. The number of Topliss-reactive ketones (excluding diaryl/α,β-unsaturated/α-hetero) is 1. The van der Waals surface area contributed by atoms with Crippen molar-refractivity contribution < 1.29 is 28.6 Å². The van der Waals surface area contributed by atoms with Gasteiger partial charge in [0, 0.05) is 17.4 Å². The monoisotopic (exact) mass is 425 g/mol. The summed E-state index contributed by atoms with van der Waals surface area (Å²) in [5.41, 5.74) is 0.685. The predicted octanol–water partition coefficient (Wildman–Crippen LogP) is 4.20. The third-order valence-electron chi connectivity index (χ3n) is 5.04. The van der Waals surface area contributed by atoms with Crippen LogP contribution in [0, 0.1) is 5.41 Å². The first-order valence-corrected chi connectivity index (χ1v) is 10.1. The number of ether oxygens (including phenoxy) is 3. The Labute approximate surface area is 181 Å². The van der Waals surface area contributed by atoms with Crippen molar-refractivity contribution in [3.63, 3.8) is 0 Å². The Balaban J connectivity index is 1.79. The molecule has 2 aromatic rings. The number of ketones is 1. The van der Waals surface area contributed by atoms with E-state index in [-0.39, 0.29) is 18.8 Å². The Morgan fingerprint density at radius 3 is 2.26 bits per heavy atom. The standard InChI is InChI=1S/C24H27NO6/c1-24(2,3)22-25(23(28)30-15-16-8-6-5-7-9-16)19(21(27)31-22)14-20(26)17-10-12-18(29-4)13-11-17/h5-13,19,22H,14-15H2,1-4H3/t19-,22-/m0/s1. The number of rotatable bonds is 6. The minimum atomic E-state index is -1.05. The molecule has 1 aliphatic heterocycles. The minimum absolute atomic E-state index is 0.0559. The van der Waals surface area contributed by atoms with Crippen LogP contribution in [-0.2, 0) is 20.9 Å². The molecule has 1 saturated heterocycles. The largest absolute Gasteiger partial charge is 0.497 e. The molecule has 31 heavy (non-hydrogen) atoms. The van der Waals surface area contributed by atoms with Gasteiger partial charge in [-0.1, -0.05) is 51.1 Å². The van der Waals surface area contributed by atoms with Crippen LogP contribution in [0.2, 0.25) is 0 Å². The molecule has 7 heteroatoms. The third-order valence-corrected chi connectivity index (χ3v) is 5.04. The predicted molar refractivity (Wildman–Crippen MR) is 114 cm³/mol. The van der Waals surface area contributed by atoms with Crippen molar-refractivity contribution in [3.05, 3.63) is 65.7 Å². The summed E-state index contributed by atoms with van der Waals surface area (Å²) in [6.45, 7) is 5.63. The maximum atomic E-state index is 13.0. The van der Waals surface area contributed by atoms with Gasteiger partial charge in [-0.25, -0.2) is 9.59 Å². The van der Waals surface area contributed by atoms with E-state index < -0.39 is 29.7 Å². The van der Waals surface area contributed by atoms with Crippen molar-refractivity contribution in [3.8, 4) is 5.75 Å². The molecule has 0 spiro atoms. The zero-order valence-electron chi connectivity index (χ0n) is 18.2. The summed E-state index contributed by atoms with van der Waals surface area (Å²) in [4.78, 5) is 39.7. The maximum Gasteiger partial charge on any atom is 0.413 e. The summed E-state index contributed by atoms with van der Waals surface area (Å²) in [6, 6.07) is 14.8. The number of esters is 1. The quantitative estimate of drug-likeness (QED) is 0.510. The number of cyclic esters (lactones) is 1. The fourth-order valence-electron chi connectivity index (χ4n) is 3.39. The molecule has 0 unspecified atom stereocenters. The van der Waals surface area contributed by atoms with Gasteiger partial charge < -0.3 is 14.2 Å². The number of benzene rings is 2. The smallest absolute Gasteiger partial charge is 0.413 e. The summed E-state index contributed by atoms with van der Waals surface area (Å²) in [7, 11) is 1.54. The molecule has 0 aliphatic carbocycles. The number of nitrogens with zero attached hydrogens (tertiary/aromatic N) is 1. The Morgan fingerprint density at radius 2 is 1.68 bits per heavy atom. The Bertz CT molecular complexity index is 933. The molecule has 0 saturated carbocycles. The lowest BCUT2D eigenvalue weighted by molar-refractivity contribution is -0.147. The molecule has 0 N–H and O–H groups in total. The second kappa shape index (κ2) is 9.20. The number of methoxy groups -OCH3 is 1. The number of carbonyl (C=O) groups excluding carboxylic acids is 3. The van der Waals surface area contributed by atoms with E-state index in [1.54, 1.807) is 24.3 Å². The summed E-state index contributed by atoms with van der Waals surface area (Å²) in [5, 5.41) is 0. The summed E-state index contributed by atoms with van der Waals surface area (Å²) in [5.74, 6) is -0.269. The van der Waals surface area contributed by atoms with E-state index in [0.29, 0.717) is 11.3 Å². The molecular formula is C24H27NO6. The molecular weight excluding hydrogens is 398 g/mol. The van der Waals surface area contributed by atoms with Crippen LogP contribution in [-0.4, -0.2) is 42.1 Å². The van der Waals surface area contributed by atoms with Crippen molar-refractivity contribution in [2.45, 2.75) is 46.1 Å². The van der Waals surface area contributed by atoms with Crippen LogP contribution >= 0.6 is 0 Å². The van der Waals surface area contributed by atoms with Crippen molar-refractivity contribution in [1.29, 1.82) is 0 Å². The Kier molecular flexibility index (Phi) is 6.63. The fraction of sp³-hybridized carbons (Fsp3) is 0.375. The van der Waals surface area contributed by atoms with Crippen LogP contribution in [0.3, 0.4) is 0 Å². The van der Waals surface area contributed by atoms with Crippen molar-refractivity contribution in [2.75, 3.05) is 7.11 Å². The van der Waals surface area contributed by atoms with Crippen molar-refractivity contribution in [1.82, 2.24) is 4.90 Å². The van der Waals surface area contributed by atoms with Gasteiger partial charge in [0.2, 0.25) is 0 Å². The number of hydrogen-bond donors (Lipinski definition) is 0.